The summed E-state index contributed by atoms with van der Waals surface area (Å²) < 4.78 is 4.99. The maximum atomic E-state index is 12.7. The van der Waals surface area contributed by atoms with E-state index in [4.69, 9.17) is 4.74 Å². The van der Waals surface area contributed by atoms with Crippen molar-refractivity contribution in [2.24, 2.45) is 0 Å². The molecule has 0 radical (unpaired) electrons. The number of allylic oxidation sites excluding steroid dienone is 1. The summed E-state index contributed by atoms with van der Waals surface area (Å²) >= 11 is 0. The van der Waals surface area contributed by atoms with Crippen molar-refractivity contribution in [3.8, 4) is 0 Å². The minimum atomic E-state index is -0.537. The van der Waals surface area contributed by atoms with Crippen LogP contribution in [0.4, 0.5) is 5.69 Å². The number of para-hydroxylation sites is 1. The van der Waals surface area contributed by atoms with Gasteiger partial charge in [0.2, 0.25) is 0 Å². The third-order valence-corrected chi connectivity index (χ3v) is 4.26. The molecule has 0 aromatic heterocycles. The van der Waals surface area contributed by atoms with Gasteiger partial charge in [-0.3, -0.25) is 9.59 Å². The molecular formula is C23H26N2O4. The number of hydrogen-bond acceptors (Lipinski definition) is 4. The molecule has 2 aromatic rings. The van der Waals surface area contributed by atoms with Gasteiger partial charge in [0.15, 0.2) is 6.61 Å². The fourth-order valence-corrected chi connectivity index (χ4v) is 2.71. The van der Waals surface area contributed by atoms with Gasteiger partial charge in [0.25, 0.3) is 11.8 Å². The number of nitrogens with one attached hydrogen (secondary N) is 2. The van der Waals surface area contributed by atoms with Crippen molar-refractivity contribution in [3.05, 3.63) is 77.4 Å². The Balaban J connectivity index is 2.00. The molecular weight excluding hydrogens is 368 g/mol. The average Bonchev–Trinajstić information content (AvgIpc) is 2.73. The van der Waals surface area contributed by atoms with E-state index in [1.807, 2.05) is 44.2 Å². The molecule has 1 atom stereocenters. The van der Waals surface area contributed by atoms with E-state index in [1.54, 1.807) is 37.3 Å². The second-order valence-corrected chi connectivity index (χ2v) is 6.57. The maximum absolute atomic E-state index is 12.7. The molecule has 0 aliphatic rings. The number of benzene rings is 2. The van der Waals surface area contributed by atoms with Crippen LogP contribution < -0.4 is 10.6 Å². The summed E-state index contributed by atoms with van der Waals surface area (Å²) in [5.74, 6) is -1.36. The van der Waals surface area contributed by atoms with Crippen LogP contribution in [0, 0.1) is 0 Å². The summed E-state index contributed by atoms with van der Waals surface area (Å²) in [7, 11) is 0. The molecule has 0 fully saturated rings. The van der Waals surface area contributed by atoms with E-state index < -0.39 is 18.5 Å². The van der Waals surface area contributed by atoms with Crippen molar-refractivity contribution in [1.82, 2.24) is 5.32 Å². The highest BCUT2D eigenvalue weighted by Gasteiger charge is 2.16. The predicted molar refractivity (Wildman–Crippen MR) is 112 cm³/mol. The largest absolute Gasteiger partial charge is 0.452 e. The van der Waals surface area contributed by atoms with Crippen LogP contribution in [0.1, 0.15) is 49.2 Å². The van der Waals surface area contributed by atoms with Gasteiger partial charge in [0, 0.05) is 5.57 Å². The summed E-state index contributed by atoms with van der Waals surface area (Å²) in [5.41, 5.74) is 2.11. The molecule has 0 spiro atoms. The summed E-state index contributed by atoms with van der Waals surface area (Å²) in [6, 6.07) is 16.1. The number of carbonyl (C=O) groups is 3. The highest BCUT2D eigenvalue weighted by molar-refractivity contribution is 6.04. The van der Waals surface area contributed by atoms with Gasteiger partial charge in [0.1, 0.15) is 0 Å². The molecule has 0 saturated heterocycles. The number of anilines is 1. The molecule has 0 aliphatic carbocycles. The zero-order valence-electron chi connectivity index (χ0n) is 16.9. The van der Waals surface area contributed by atoms with Crippen LogP contribution in [0.25, 0.3) is 0 Å². The summed E-state index contributed by atoms with van der Waals surface area (Å²) in [6.07, 6.45) is 2.44. The summed E-state index contributed by atoms with van der Waals surface area (Å²) in [6.45, 7) is 5.01. The van der Waals surface area contributed by atoms with Gasteiger partial charge in [-0.1, -0.05) is 55.5 Å². The molecule has 152 valence electrons. The first-order chi connectivity index (χ1) is 13.9. The molecule has 0 heterocycles. The van der Waals surface area contributed by atoms with Gasteiger partial charge in [-0.25, -0.2) is 4.79 Å². The zero-order valence-corrected chi connectivity index (χ0v) is 16.9. The Morgan fingerprint density at radius 1 is 1.03 bits per heavy atom. The van der Waals surface area contributed by atoms with E-state index in [-0.39, 0.29) is 11.9 Å². The van der Waals surface area contributed by atoms with Gasteiger partial charge in [0.05, 0.1) is 17.3 Å². The van der Waals surface area contributed by atoms with Gasteiger partial charge < -0.3 is 15.4 Å². The van der Waals surface area contributed by atoms with Crippen LogP contribution in [-0.2, 0) is 14.3 Å². The predicted octanol–water partition coefficient (Wildman–Crippen LogP) is 4.02. The van der Waals surface area contributed by atoms with Crippen LogP contribution in [0.2, 0.25) is 0 Å². The minimum Gasteiger partial charge on any atom is -0.452 e. The summed E-state index contributed by atoms with van der Waals surface area (Å²) in [4.78, 5) is 36.7. The molecule has 2 amide bonds. The third-order valence-electron chi connectivity index (χ3n) is 4.26. The van der Waals surface area contributed by atoms with Crippen LogP contribution in [-0.4, -0.2) is 24.4 Å². The van der Waals surface area contributed by atoms with E-state index >= 15 is 0 Å². The standard InChI is InChI=1S/C23H26N2O4/c1-4-10-16(2)23(28)29-15-21(26)25-20-14-9-8-13-19(20)22(27)24-17(3)18-11-6-5-7-12-18/h5-14,17H,4,15H2,1-3H3,(H,24,27)(H,25,26)/b16-10-. The molecule has 0 bridgehead atoms. The number of esters is 1. The quantitative estimate of drug-likeness (QED) is 0.523. The van der Waals surface area contributed by atoms with Gasteiger partial charge in [-0.05, 0) is 38.0 Å². The number of rotatable bonds is 8. The van der Waals surface area contributed by atoms with Crippen molar-refractivity contribution in [3.63, 3.8) is 0 Å². The van der Waals surface area contributed by atoms with Crippen molar-refractivity contribution < 1.29 is 19.1 Å². The lowest BCUT2D eigenvalue weighted by atomic mass is 10.1. The first kappa shape index (κ1) is 21.9. The topological polar surface area (TPSA) is 84.5 Å². The molecule has 1 unspecified atom stereocenters. The zero-order chi connectivity index (χ0) is 21.2. The fraction of sp³-hybridized carbons (Fsp3) is 0.261. The lowest BCUT2D eigenvalue weighted by Gasteiger charge is -2.16. The second-order valence-electron chi connectivity index (χ2n) is 6.57. The smallest absolute Gasteiger partial charge is 0.333 e. The molecule has 6 heteroatoms. The van der Waals surface area contributed by atoms with Gasteiger partial charge in [-0.15, -0.1) is 0 Å². The van der Waals surface area contributed by atoms with Crippen LogP contribution >= 0.6 is 0 Å². The highest BCUT2D eigenvalue weighted by atomic mass is 16.5. The lowest BCUT2D eigenvalue weighted by molar-refractivity contribution is -0.143. The molecule has 2 N–H and O–H groups in total. The van der Waals surface area contributed by atoms with E-state index in [0.717, 1.165) is 5.56 Å². The Labute approximate surface area is 171 Å². The van der Waals surface area contributed by atoms with Crippen molar-refractivity contribution in [1.29, 1.82) is 0 Å². The van der Waals surface area contributed by atoms with Crippen LogP contribution in [0.15, 0.2) is 66.2 Å². The summed E-state index contributed by atoms with van der Waals surface area (Å²) in [5, 5.41) is 5.56. The Bertz CT molecular complexity index is 891. The Kier molecular flexibility index (Phi) is 8.15. The van der Waals surface area contributed by atoms with Crippen LogP contribution in [0.3, 0.4) is 0 Å². The van der Waals surface area contributed by atoms with E-state index in [0.29, 0.717) is 23.2 Å². The fourth-order valence-electron chi connectivity index (χ4n) is 2.71. The normalized spacial score (nSPS) is 12.0. The van der Waals surface area contributed by atoms with E-state index in [9.17, 15) is 14.4 Å². The average molecular weight is 394 g/mol. The second kappa shape index (κ2) is 10.8. The molecule has 6 nitrogen and oxygen atoms in total. The van der Waals surface area contributed by atoms with Crippen molar-refractivity contribution >= 4 is 23.5 Å². The van der Waals surface area contributed by atoms with Crippen molar-refractivity contribution in [2.75, 3.05) is 11.9 Å². The lowest BCUT2D eigenvalue weighted by Crippen LogP contribution is -2.28. The maximum Gasteiger partial charge on any atom is 0.333 e. The Morgan fingerprint density at radius 2 is 1.69 bits per heavy atom. The monoisotopic (exact) mass is 394 g/mol. The van der Waals surface area contributed by atoms with E-state index in [2.05, 4.69) is 10.6 Å². The van der Waals surface area contributed by atoms with Crippen LogP contribution in [0.5, 0.6) is 0 Å². The molecule has 2 aromatic carbocycles. The number of amides is 2. The molecule has 29 heavy (non-hydrogen) atoms. The third kappa shape index (κ3) is 6.60. The number of ether oxygens (including phenoxy) is 1. The molecule has 2 rings (SSSR count). The minimum absolute atomic E-state index is 0.193. The SMILES string of the molecule is CC/C=C(/C)C(=O)OCC(=O)Nc1ccccc1C(=O)NC(C)c1ccccc1. The van der Waals surface area contributed by atoms with Gasteiger partial charge >= 0.3 is 5.97 Å². The van der Waals surface area contributed by atoms with Gasteiger partial charge in [-0.2, -0.15) is 0 Å². The Hall–Kier alpha value is -3.41. The number of carbonyl (C=O) groups excluding carboxylic acids is 3. The number of hydrogen-bond donors (Lipinski definition) is 2. The highest BCUT2D eigenvalue weighted by Crippen LogP contribution is 2.18. The first-order valence-corrected chi connectivity index (χ1v) is 9.51. The Morgan fingerprint density at radius 3 is 2.38 bits per heavy atom. The van der Waals surface area contributed by atoms with E-state index in [1.165, 1.54) is 0 Å². The molecule has 0 saturated carbocycles. The molecule has 0 aliphatic heterocycles. The first-order valence-electron chi connectivity index (χ1n) is 9.51. The van der Waals surface area contributed by atoms with Crippen molar-refractivity contribution in [2.45, 2.75) is 33.2 Å².